The fourth-order valence-electron chi connectivity index (χ4n) is 1.69. The van der Waals surface area contributed by atoms with Gasteiger partial charge in [0.1, 0.15) is 0 Å². The Hall–Kier alpha value is 0.270. The lowest BCUT2D eigenvalue weighted by Gasteiger charge is -2.33. The van der Waals surface area contributed by atoms with E-state index in [-0.39, 0.29) is 0 Å². The highest BCUT2D eigenvalue weighted by molar-refractivity contribution is 7.99. The van der Waals surface area contributed by atoms with Crippen molar-refractivity contribution < 1.29 is 0 Å². The average Bonchev–Trinajstić information content (AvgIpc) is 2.20. The summed E-state index contributed by atoms with van der Waals surface area (Å²) in [7, 11) is 0. The predicted molar refractivity (Wildman–Crippen MR) is 66.1 cm³/mol. The van der Waals surface area contributed by atoms with Crippen molar-refractivity contribution in [2.45, 2.75) is 39.3 Å². The van der Waals surface area contributed by atoms with Crippen LogP contribution < -0.4 is 5.32 Å². The number of hydrogen-bond donors (Lipinski definition) is 1. The Morgan fingerprint density at radius 2 is 2.36 bits per heavy atom. The Balaban J connectivity index is 2.10. The van der Waals surface area contributed by atoms with Crippen molar-refractivity contribution >= 4 is 11.8 Å². The maximum absolute atomic E-state index is 3.55. The minimum Gasteiger partial charge on any atom is -0.313 e. The number of nitrogens with one attached hydrogen (secondary N) is 1. The lowest BCUT2D eigenvalue weighted by Crippen LogP contribution is -2.44. The standard InChI is InChI=1S/C11H24N2S/c1-4-10(2)12-5-6-13-7-8-14-9-11(13)3/h10-12H,4-9H2,1-3H3. The molecule has 1 heterocycles. The number of nitrogens with zero attached hydrogens (tertiary/aromatic N) is 1. The fourth-order valence-corrected chi connectivity index (χ4v) is 2.77. The third kappa shape index (κ3) is 4.20. The Morgan fingerprint density at radius 3 is 3.00 bits per heavy atom. The lowest BCUT2D eigenvalue weighted by molar-refractivity contribution is 0.230. The fraction of sp³-hybridized carbons (Fsp3) is 1.00. The Kier molecular flexibility index (Phi) is 5.90. The predicted octanol–water partition coefficient (Wildman–Crippen LogP) is 1.81. The van der Waals surface area contributed by atoms with Gasteiger partial charge in [0.25, 0.3) is 0 Å². The Bertz CT molecular complexity index is 152. The summed E-state index contributed by atoms with van der Waals surface area (Å²) in [6, 6.07) is 1.44. The highest BCUT2D eigenvalue weighted by Gasteiger charge is 2.17. The Morgan fingerprint density at radius 1 is 1.57 bits per heavy atom. The molecule has 1 N–H and O–H groups in total. The normalized spacial score (nSPS) is 26.4. The van der Waals surface area contributed by atoms with Crippen LogP contribution in [0.25, 0.3) is 0 Å². The zero-order chi connectivity index (χ0) is 10.4. The summed E-state index contributed by atoms with van der Waals surface area (Å²) in [5.74, 6) is 2.62. The van der Waals surface area contributed by atoms with Gasteiger partial charge in [-0.3, -0.25) is 4.90 Å². The first kappa shape index (κ1) is 12.3. The molecule has 0 aromatic heterocycles. The molecule has 0 bridgehead atoms. The largest absolute Gasteiger partial charge is 0.313 e. The number of thioether (sulfide) groups is 1. The average molecular weight is 216 g/mol. The lowest BCUT2D eigenvalue weighted by atomic mass is 10.2. The molecule has 2 atom stereocenters. The molecule has 0 saturated carbocycles. The monoisotopic (exact) mass is 216 g/mol. The van der Waals surface area contributed by atoms with Crippen LogP contribution in [0.4, 0.5) is 0 Å². The summed E-state index contributed by atoms with van der Waals surface area (Å²) in [6.07, 6.45) is 1.23. The van der Waals surface area contributed by atoms with E-state index in [1.54, 1.807) is 0 Å². The molecular formula is C11H24N2S. The summed E-state index contributed by atoms with van der Waals surface area (Å²) >= 11 is 2.09. The molecule has 0 radical (unpaired) electrons. The zero-order valence-corrected chi connectivity index (χ0v) is 10.6. The van der Waals surface area contributed by atoms with Crippen LogP contribution in [0.3, 0.4) is 0 Å². The van der Waals surface area contributed by atoms with Gasteiger partial charge in [-0.1, -0.05) is 6.92 Å². The molecule has 0 aromatic rings. The topological polar surface area (TPSA) is 15.3 Å². The molecule has 1 aliphatic rings. The van der Waals surface area contributed by atoms with Crippen molar-refractivity contribution in [2.75, 3.05) is 31.1 Å². The van der Waals surface area contributed by atoms with Gasteiger partial charge in [-0.2, -0.15) is 11.8 Å². The first-order valence-electron chi connectivity index (χ1n) is 5.79. The number of rotatable bonds is 5. The first-order valence-corrected chi connectivity index (χ1v) is 6.94. The van der Waals surface area contributed by atoms with Crippen LogP contribution >= 0.6 is 11.8 Å². The van der Waals surface area contributed by atoms with Gasteiger partial charge in [0.05, 0.1) is 0 Å². The summed E-state index contributed by atoms with van der Waals surface area (Å²) in [5, 5.41) is 3.55. The molecule has 2 nitrogen and oxygen atoms in total. The van der Waals surface area contributed by atoms with Crippen LogP contribution in [0.1, 0.15) is 27.2 Å². The van der Waals surface area contributed by atoms with E-state index in [4.69, 9.17) is 0 Å². The number of hydrogen-bond acceptors (Lipinski definition) is 3. The molecule has 0 aromatic carbocycles. The van der Waals surface area contributed by atoms with Crippen LogP contribution in [0.2, 0.25) is 0 Å². The summed E-state index contributed by atoms with van der Waals surface area (Å²) in [6.45, 7) is 10.5. The summed E-state index contributed by atoms with van der Waals surface area (Å²) in [5.41, 5.74) is 0. The van der Waals surface area contributed by atoms with E-state index in [2.05, 4.69) is 42.7 Å². The highest BCUT2D eigenvalue weighted by atomic mass is 32.2. The van der Waals surface area contributed by atoms with Crippen molar-refractivity contribution in [3.05, 3.63) is 0 Å². The van der Waals surface area contributed by atoms with E-state index in [0.29, 0.717) is 6.04 Å². The third-order valence-electron chi connectivity index (χ3n) is 3.01. The van der Waals surface area contributed by atoms with Gasteiger partial charge in [0, 0.05) is 43.2 Å². The van der Waals surface area contributed by atoms with Gasteiger partial charge >= 0.3 is 0 Å². The minimum absolute atomic E-state index is 0.671. The van der Waals surface area contributed by atoms with Gasteiger partial charge < -0.3 is 5.32 Å². The Labute approximate surface area is 92.8 Å². The van der Waals surface area contributed by atoms with Crippen molar-refractivity contribution in [2.24, 2.45) is 0 Å². The SMILES string of the molecule is CCC(C)NCCN1CCSCC1C. The van der Waals surface area contributed by atoms with Crippen molar-refractivity contribution in [3.63, 3.8) is 0 Å². The van der Waals surface area contributed by atoms with E-state index >= 15 is 0 Å². The van der Waals surface area contributed by atoms with Crippen molar-refractivity contribution in [1.82, 2.24) is 10.2 Å². The molecule has 3 heteroatoms. The smallest absolute Gasteiger partial charge is 0.0158 e. The molecule has 1 saturated heterocycles. The molecule has 1 fully saturated rings. The second-order valence-corrected chi connectivity index (χ2v) is 5.37. The molecule has 0 aliphatic carbocycles. The molecule has 14 heavy (non-hydrogen) atoms. The van der Waals surface area contributed by atoms with Crippen LogP contribution in [-0.2, 0) is 0 Å². The highest BCUT2D eigenvalue weighted by Crippen LogP contribution is 2.14. The minimum atomic E-state index is 0.671. The van der Waals surface area contributed by atoms with Crippen molar-refractivity contribution in [1.29, 1.82) is 0 Å². The maximum Gasteiger partial charge on any atom is 0.0158 e. The summed E-state index contributed by atoms with van der Waals surface area (Å²) in [4.78, 5) is 2.60. The van der Waals surface area contributed by atoms with E-state index < -0.39 is 0 Å². The molecule has 0 amide bonds. The van der Waals surface area contributed by atoms with E-state index in [1.807, 2.05) is 0 Å². The van der Waals surface area contributed by atoms with Crippen LogP contribution in [0, 0.1) is 0 Å². The van der Waals surface area contributed by atoms with Gasteiger partial charge in [-0.05, 0) is 20.3 Å². The molecule has 1 aliphatic heterocycles. The van der Waals surface area contributed by atoms with E-state index in [0.717, 1.165) is 12.6 Å². The van der Waals surface area contributed by atoms with E-state index in [1.165, 1.54) is 31.0 Å². The van der Waals surface area contributed by atoms with Gasteiger partial charge in [-0.25, -0.2) is 0 Å². The van der Waals surface area contributed by atoms with Gasteiger partial charge in [0.15, 0.2) is 0 Å². The molecule has 2 unspecified atom stereocenters. The van der Waals surface area contributed by atoms with E-state index in [9.17, 15) is 0 Å². The molecule has 84 valence electrons. The van der Waals surface area contributed by atoms with Crippen LogP contribution in [0.5, 0.6) is 0 Å². The van der Waals surface area contributed by atoms with Gasteiger partial charge in [0.2, 0.25) is 0 Å². The molecule has 1 rings (SSSR count). The van der Waals surface area contributed by atoms with Crippen LogP contribution in [-0.4, -0.2) is 48.1 Å². The third-order valence-corrected chi connectivity index (χ3v) is 4.20. The first-order chi connectivity index (χ1) is 6.74. The molecule has 0 spiro atoms. The zero-order valence-electron chi connectivity index (χ0n) is 9.75. The second-order valence-electron chi connectivity index (χ2n) is 4.22. The second kappa shape index (κ2) is 6.70. The van der Waals surface area contributed by atoms with Crippen LogP contribution in [0.15, 0.2) is 0 Å². The quantitative estimate of drug-likeness (QED) is 0.754. The summed E-state index contributed by atoms with van der Waals surface area (Å²) < 4.78 is 0. The van der Waals surface area contributed by atoms with Gasteiger partial charge in [-0.15, -0.1) is 0 Å². The molecular weight excluding hydrogens is 192 g/mol. The van der Waals surface area contributed by atoms with Crippen molar-refractivity contribution in [3.8, 4) is 0 Å². The maximum atomic E-state index is 3.55.